The lowest BCUT2D eigenvalue weighted by atomic mass is 10.2. The smallest absolute Gasteiger partial charge is 0.410 e. The van der Waals surface area contributed by atoms with E-state index in [1.165, 1.54) is 32.6 Å². The fourth-order valence-electron chi connectivity index (χ4n) is 3.32. The fraction of sp³-hybridized carbons (Fsp3) is 0.458. The highest BCUT2D eigenvalue weighted by Gasteiger charge is 2.24. The number of carboxylic acid groups (broad SMARTS) is 1. The summed E-state index contributed by atoms with van der Waals surface area (Å²) in [5, 5.41) is 29.3. The minimum Gasteiger partial charge on any atom is -0.481 e. The molecule has 3 N–H and O–H groups in total. The maximum absolute atomic E-state index is 12.8. The second kappa shape index (κ2) is 14.2. The van der Waals surface area contributed by atoms with Gasteiger partial charge in [0.2, 0.25) is 5.91 Å². The first kappa shape index (κ1) is 30.9. The molecule has 3 rings (SSSR count). The van der Waals surface area contributed by atoms with Crippen molar-refractivity contribution < 1.29 is 29.0 Å². The lowest BCUT2D eigenvalue weighted by molar-refractivity contribution is -0.137. The van der Waals surface area contributed by atoms with Gasteiger partial charge in [-0.2, -0.15) is 0 Å². The molecule has 3 aromatic rings. The molecule has 3 aromatic heterocycles. The molecular weight excluding hydrogens is 560 g/mol. The van der Waals surface area contributed by atoms with Crippen LogP contribution in [0.5, 0.6) is 0 Å². The average Bonchev–Trinajstić information content (AvgIpc) is 3.57. The number of aromatic nitrogens is 7. The molecule has 0 saturated carbocycles. The number of halogens is 1. The SMILES string of the molecule is CC(C)(C)OC(=O)N(CCn1ccnn1)CC(=O)Nc1ccc(C(=O)NCCc2cn(CCC(=O)O)nn2)nc1Cl. The predicted octanol–water partition coefficient (Wildman–Crippen LogP) is 1.24. The molecule has 16 nitrogen and oxygen atoms in total. The lowest BCUT2D eigenvalue weighted by Crippen LogP contribution is -2.43. The van der Waals surface area contributed by atoms with E-state index in [9.17, 15) is 19.2 Å². The number of hydrogen-bond acceptors (Lipinski definition) is 10. The number of aliphatic carboxylic acids is 1. The van der Waals surface area contributed by atoms with Crippen LogP contribution < -0.4 is 10.6 Å². The summed E-state index contributed by atoms with van der Waals surface area (Å²) in [4.78, 5) is 53.9. The van der Waals surface area contributed by atoms with Gasteiger partial charge >= 0.3 is 12.1 Å². The van der Waals surface area contributed by atoms with Gasteiger partial charge in [0.25, 0.3) is 5.91 Å². The Labute approximate surface area is 240 Å². The van der Waals surface area contributed by atoms with Gasteiger partial charge in [0.05, 0.1) is 37.1 Å². The zero-order valence-corrected chi connectivity index (χ0v) is 23.5. The van der Waals surface area contributed by atoms with Crippen molar-refractivity contribution in [2.45, 2.75) is 52.3 Å². The van der Waals surface area contributed by atoms with Gasteiger partial charge in [0.15, 0.2) is 5.15 Å². The highest BCUT2D eigenvalue weighted by atomic mass is 35.5. The van der Waals surface area contributed by atoms with Crippen molar-refractivity contribution in [1.29, 1.82) is 0 Å². The standard InChI is InChI=1S/C24H31ClN10O6/c1-24(2,3)41-23(40)33(12-13-34-11-9-27-31-34)15-19(36)28-17-4-5-18(29-21(17)25)22(39)26-8-6-16-14-35(32-30-16)10-7-20(37)38/h4-5,9,11,14H,6-8,10,12-13,15H2,1-3H3,(H,26,39)(H,28,36)(H,37,38). The molecule has 0 fully saturated rings. The van der Waals surface area contributed by atoms with Crippen LogP contribution >= 0.6 is 11.6 Å². The number of nitrogens with zero attached hydrogens (tertiary/aromatic N) is 8. The third kappa shape index (κ3) is 10.5. The summed E-state index contributed by atoms with van der Waals surface area (Å²) in [6, 6.07) is 2.83. The van der Waals surface area contributed by atoms with Gasteiger partial charge in [-0.05, 0) is 32.9 Å². The van der Waals surface area contributed by atoms with Gasteiger partial charge in [0.1, 0.15) is 17.8 Å². The van der Waals surface area contributed by atoms with Crippen molar-refractivity contribution in [2.75, 3.05) is 25.0 Å². The summed E-state index contributed by atoms with van der Waals surface area (Å²) >= 11 is 6.22. The average molecular weight is 591 g/mol. The number of nitrogens with one attached hydrogen (secondary N) is 2. The minimum atomic E-state index is -0.937. The van der Waals surface area contributed by atoms with E-state index in [0.717, 1.165) is 0 Å². The van der Waals surface area contributed by atoms with Crippen LogP contribution in [-0.4, -0.2) is 94.1 Å². The highest BCUT2D eigenvalue weighted by molar-refractivity contribution is 6.32. The summed E-state index contributed by atoms with van der Waals surface area (Å²) < 4.78 is 8.36. The molecule has 3 amide bonds. The number of carbonyl (C=O) groups excluding carboxylic acids is 3. The molecule has 0 bridgehead atoms. The van der Waals surface area contributed by atoms with Crippen molar-refractivity contribution in [3.8, 4) is 0 Å². The van der Waals surface area contributed by atoms with Crippen LogP contribution in [0.2, 0.25) is 5.15 Å². The number of amides is 3. The Balaban J connectivity index is 1.53. The van der Waals surface area contributed by atoms with E-state index in [4.69, 9.17) is 21.4 Å². The first-order valence-electron chi connectivity index (χ1n) is 12.6. The minimum absolute atomic E-state index is 0.0290. The number of pyridine rings is 1. The summed E-state index contributed by atoms with van der Waals surface area (Å²) in [6.07, 6.45) is 4.36. The number of hydrogen-bond donors (Lipinski definition) is 3. The van der Waals surface area contributed by atoms with E-state index >= 15 is 0 Å². The number of anilines is 1. The van der Waals surface area contributed by atoms with Crippen LogP contribution in [0.25, 0.3) is 0 Å². The molecule has 220 valence electrons. The molecule has 0 atom stereocenters. The highest BCUT2D eigenvalue weighted by Crippen LogP contribution is 2.20. The molecule has 0 saturated heterocycles. The molecule has 0 aliphatic rings. The second-order valence-corrected chi connectivity index (χ2v) is 10.1. The lowest BCUT2D eigenvalue weighted by Gasteiger charge is -2.27. The van der Waals surface area contributed by atoms with E-state index in [-0.39, 0.29) is 49.1 Å². The Morgan fingerprint density at radius 2 is 1.90 bits per heavy atom. The largest absolute Gasteiger partial charge is 0.481 e. The predicted molar refractivity (Wildman–Crippen MR) is 144 cm³/mol. The van der Waals surface area contributed by atoms with E-state index in [1.807, 2.05) is 0 Å². The molecule has 0 unspecified atom stereocenters. The molecule has 0 aliphatic heterocycles. The van der Waals surface area contributed by atoms with Crippen LogP contribution in [0.4, 0.5) is 10.5 Å². The van der Waals surface area contributed by atoms with Crippen LogP contribution in [0, 0.1) is 0 Å². The Kier molecular flexibility index (Phi) is 10.7. The van der Waals surface area contributed by atoms with Gasteiger partial charge < -0.3 is 20.5 Å². The summed E-state index contributed by atoms with van der Waals surface area (Å²) in [5.41, 5.74) is 0.0118. The second-order valence-electron chi connectivity index (χ2n) is 9.77. The zero-order valence-electron chi connectivity index (χ0n) is 22.8. The van der Waals surface area contributed by atoms with Gasteiger partial charge in [-0.1, -0.05) is 22.0 Å². The Morgan fingerprint density at radius 1 is 1.12 bits per heavy atom. The molecule has 0 spiro atoms. The van der Waals surface area contributed by atoms with Crippen LogP contribution in [0.15, 0.2) is 30.7 Å². The molecule has 0 aromatic carbocycles. The quantitative estimate of drug-likeness (QED) is 0.242. The fourth-order valence-corrected chi connectivity index (χ4v) is 3.52. The van der Waals surface area contributed by atoms with Crippen molar-refractivity contribution in [1.82, 2.24) is 45.2 Å². The van der Waals surface area contributed by atoms with Crippen LogP contribution in [-0.2, 0) is 33.8 Å². The van der Waals surface area contributed by atoms with Crippen molar-refractivity contribution in [3.63, 3.8) is 0 Å². The number of aryl methyl sites for hydroxylation is 1. The number of carboxylic acids is 1. The van der Waals surface area contributed by atoms with E-state index in [1.54, 1.807) is 33.2 Å². The van der Waals surface area contributed by atoms with Gasteiger partial charge in [0, 0.05) is 31.9 Å². The Bertz CT molecular complexity index is 1360. The number of rotatable bonds is 13. The first-order valence-corrected chi connectivity index (χ1v) is 12.9. The summed E-state index contributed by atoms with van der Waals surface area (Å²) in [5.74, 6) is -1.98. The van der Waals surface area contributed by atoms with E-state index in [0.29, 0.717) is 18.7 Å². The first-order chi connectivity index (χ1) is 19.4. The maximum Gasteiger partial charge on any atom is 0.410 e. The summed E-state index contributed by atoms with van der Waals surface area (Å²) in [6.45, 7) is 5.68. The maximum atomic E-state index is 12.8. The monoisotopic (exact) mass is 590 g/mol. The molecule has 17 heteroatoms. The van der Waals surface area contributed by atoms with Gasteiger partial charge in [-0.15, -0.1) is 10.2 Å². The molecule has 41 heavy (non-hydrogen) atoms. The molecular formula is C24H31ClN10O6. The Hall–Kier alpha value is -4.60. The van der Waals surface area contributed by atoms with Crippen LogP contribution in [0.3, 0.4) is 0 Å². The van der Waals surface area contributed by atoms with Crippen LogP contribution in [0.1, 0.15) is 43.4 Å². The third-order valence-corrected chi connectivity index (χ3v) is 5.51. The third-order valence-electron chi connectivity index (χ3n) is 5.22. The molecule has 0 aliphatic carbocycles. The van der Waals surface area contributed by atoms with Crippen molar-refractivity contribution in [3.05, 3.63) is 47.3 Å². The van der Waals surface area contributed by atoms with Crippen molar-refractivity contribution >= 4 is 41.2 Å². The Morgan fingerprint density at radius 3 is 2.56 bits per heavy atom. The van der Waals surface area contributed by atoms with E-state index in [2.05, 4.69) is 36.2 Å². The van der Waals surface area contributed by atoms with Gasteiger partial charge in [-0.3, -0.25) is 28.6 Å². The van der Waals surface area contributed by atoms with Gasteiger partial charge in [-0.25, -0.2) is 9.78 Å². The topological polar surface area (TPSA) is 199 Å². The van der Waals surface area contributed by atoms with E-state index < -0.39 is 29.5 Å². The normalized spacial score (nSPS) is 11.1. The molecule has 0 radical (unpaired) electrons. The van der Waals surface area contributed by atoms with Crippen molar-refractivity contribution in [2.24, 2.45) is 0 Å². The molecule has 3 heterocycles. The number of ether oxygens (including phenoxy) is 1. The summed E-state index contributed by atoms with van der Waals surface area (Å²) in [7, 11) is 0. The zero-order chi connectivity index (χ0) is 30.0. The number of carbonyl (C=O) groups is 4.